The Balaban J connectivity index is 1.42. The molecule has 5 nitrogen and oxygen atoms in total. The number of hydrogen-bond donors (Lipinski definition) is 0. The van der Waals surface area contributed by atoms with Crippen molar-refractivity contribution < 1.29 is 13.9 Å². The van der Waals surface area contributed by atoms with Gasteiger partial charge in [0.25, 0.3) is 0 Å². The number of ether oxygens (including phenoxy) is 1. The summed E-state index contributed by atoms with van der Waals surface area (Å²) in [5, 5.41) is 0. The minimum atomic E-state index is -0.250. The van der Waals surface area contributed by atoms with Crippen LogP contribution in [0.25, 0.3) is 0 Å². The van der Waals surface area contributed by atoms with E-state index < -0.39 is 0 Å². The summed E-state index contributed by atoms with van der Waals surface area (Å²) in [6.45, 7) is 7.91. The highest BCUT2D eigenvalue weighted by Gasteiger charge is 2.28. The van der Waals surface area contributed by atoms with Crippen LogP contribution in [0.3, 0.4) is 0 Å². The second-order valence-corrected chi connectivity index (χ2v) is 7.56. The summed E-state index contributed by atoms with van der Waals surface area (Å²) in [5.41, 5.74) is 0.947. The fourth-order valence-corrected chi connectivity index (χ4v) is 3.88. The number of carbonyl (C=O) groups excluding carboxylic acids is 1. The maximum absolute atomic E-state index is 13.0. The molecule has 0 aliphatic carbocycles. The van der Waals surface area contributed by atoms with Gasteiger partial charge in [0.05, 0.1) is 19.3 Å². The van der Waals surface area contributed by atoms with Gasteiger partial charge in [-0.2, -0.15) is 0 Å². The molecule has 2 fully saturated rings. The first-order valence-electron chi connectivity index (χ1n) is 9.57. The molecule has 1 amide bonds. The van der Waals surface area contributed by atoms with E-state index in [0.717, 1.165) is 51.2 Å². The van der Waals surface area contributed by atoms with Crippen molar-refractivity contribution in [3.63, 3.8) is 0 Å². The predicted molar refractivity (Wildman–Crippen MR) is 99.3 cm³/mol. The zero-order chi connectivity index (χ0) is 18.5. The molecule has 0 bridgehead atoms. The number of carbonyl (C=O) groups is 1. The topological polar surface area (TPSA) is 36.0 Å². The van der Waals surface area contributed by atoms with Crippen LogP contribution in [-0.4, -0.2) is 79.1 Å². The molecule has 1 atom stereocenters. The van der Waals surface area contributed by atoms with Crippen LogP contribution in [0, 0.1) is 5.82 Å². The Morgan fingerprint density at radius 1 is 1.23 bits per heavy atom. The largest absolute Gasteiger partial charge is 0.376 e. The first-order valence-corrected chi connectivity index (χ1v) is 9.57. The average Bonchev–Trinajstić information content (AvgIpc) is 2.64. The van der Waals surface area contributed by atoms with Crippen LogP contribution in [0.5, 0.6) is 0 Å². The maximum atomic E-state index is 13.0. The van der Waals surface area contributed by atoms with Crippen LogP contribution in [0.1, 0.15) is 25.3 Å². The molecule has 1 aromatic carbocycles. The minimum absolute atomic E-state index is 0.118. The summed E-state index contributed by atoms with van der Waals surface area (Å²) in [6.07, 6.45) is 2.55. The molecule has 0 saturated carbocycles. The smallest absolute Gasteiger partial charge is 0.236 e. The highest BCUT2D eigenvalue weighted by Crippen LogP contribution is 2.19. The summed E-state index contributed by atoms with van der Waals surface area (Å²) in [5.74, 6) is -0.131. The molecular weight excluding hydrogens is 333 g/mol. The van der Waals surface area contributed by atoms with E-state index in [2.05, 4.69) is 16.7 Å². The molecular formula is C20H30FN3O2. The molecule has 2 aliphatic heterocycles. The van der Waals surface area contributed by atoms with Gasteiger partial charge in [0.2, 0.25) is 5.91 Å². The van der Waals surface area contributed by atoms with Crippen molar-refractivity contribution >= 4 is 5.91 Å². The van der Waals surface area contributed by atoms with Crippen molar-refractivity contribution in [1.29, 1.82) is 0 Å². The summed E-state index contributed by atoms with van der Waals surface area (Å²) < 4.78 is 18.6. The zero-order valence-corrected chi connectivity index (χ0v) is 15.9. The first-order chi connectivity index (χ1) is 12.5. The third-order valence-corrected chi connectivity index (χ3v) is 5.46. The number of amides is 1. The summed E-state index contributed by atoms with van der Waals surface area (Å²) in [6, 6.07) is 6.95. The van der Waals surface area contributed by atoms with E-state index in [1.165, 1.54) is 12.1 Å². The summed E-state index contributed by atoms with van der Waals surface area (Å²) in [7, 11) is 1.81. The van der Waals surface area contributed by atoms with E-state index in [4.69, 9.17) is 4.74 Å². The van der Waals surface area contributed by atoms with Crippen LogP contribution >= 0.6 is 0 Å². The Labute approximate surface area is 155 Å². The fourth-order valence-electron chi connectivity index (χ4n) is 3.88. The number of morpholine rings is 1. The van der Waals surface area contributed by atoms with Crippen molar-refractivity contribution in [1.82, 2.24) is 14.7 Å². The molecule has 2 heterocycles. The number of benzene rings is 1. The number of halogens is 1. The summed E-state index contributed by atoms with van der Waals surface area (Å²) >= 11 is 0. The molecule has 26 heavy (non-hydrogen) atoms. The van der Waals surface area contributed by atoms with Crippen molar-refractivity contribution in [2.45, 2.75) is 38.5 Å². The van der Waals surface area contributed by atoms with E-state index >= 15 is 0 Å². The van der Waals surface area contributed by atoms with Crippen molar-refractivity contribution in [3.05, 3.63) is 35.6 Å². The van der Waals surface area contributed by atoms with Crippen LogP contribution in [0.4, 0.5) is 4.39 Å². The van der Waals surface area contributed by atoms with Crippen molar-refractivity contribution in [2.24, 2.45) is 0 Å². The number of likely N-dealkylation sites (N-methyl/N-ethyl adjacent to an activating group) is 1. The van der Waals surface area contributed by atoms with E-state index in [1.54, 1.807) is 17.0 Å². The van der Waals surface area contributed by atoms with Gasteiger partial charge in [-0.3, -0.25) is 14.6 Å². The Bertz CT molecular complexity index is 587. The highest BCUT2D eigenvalue weighted by molar-refractivity contribution is 5.78. The van der Waals surface area contributed by atoms with Crippen molar-refractivity contribution in [3.8, 4) is 0 Å². The Hall–Kier alpha value is -1.50. The first kappa shape index (κ1) is 19.3. The molecule has 0 spiro atoms. The van der Waals surface area contributed by atoms with Gasteiger partial charge in [0.15, 0.2) is 0 Å². The van der Waals surface area contributed by atoms with E-state index in [9.17, 15) is 9.18 Å². The monoisotopic (exact) mass is 363 g/mol. The van der Waals surface area contributed by atoms with Crippen molar-refractivity contribution in [2.75, 3.05) is 46.4 Å². The molecule has 144 valence electrons. The van der Waals surface area contributed by atoms with Gasteiger partial charge >= 0.3 is 0 Å². The van der Waals surface area contributed by atoms with Gasteiger partial charge in [0.1, 0.15) is 5.82 Å². The van der Waals surface area contributed by atoms with Gasteiger partial charge in [0, 0.05) is 45.8 Å². The van der Waals surface area contributed by atoms with E-state index in [1.807, 2.05) is 7.05 Å². The standard InChI is InChI=1S/C20H30FN3O2/c1-16-13-24(11-12-26-16)19-7-9-23(10-8-19)15-20(25)22(2)14-17-3-5-18(21)6-4-17/h3-6,16,19H,7-15H2,1-2H3. The lowest BCUT2D eigenvalue weighted by Crippen LogP contribution is -2.52. The second kappa shape index (κ2) is 8.93. The average molecular weight is 363 g/mol. The van der Waals surface area contributed by atoms with Crippen LogP contribution < -0.4 is 0 Å². The maximum Gasteiger partial charge on any atom is 0.236 e. The number of hydrogen-bond acceptors (Lipinski definition) is 4. The number of nitrogens with zero attached hydrogens (tertiary/aromatic N) is 3. The molecule has 0 N–H and O–H groups in total. The highest BCUT2D eigenvalue weighted by atomic mass is 19.1. The van der Waals surface area contributed by atoms with E-state index in [0.29, 0.717) is 25.2 Å². The third kappa shape index (κ3) is 5.25. The van der Waals surface area contributed by atoms with Gasteiger partial charge in [-0.1, -0.05) is 12.1 Å². The van der Waals surface area contributed by atoms with Gasteiger partial charge in [-0.25, -0.2) is 4.39 Å². The lowest BCUT2D eigenvalue weighted by molar-refractivity contribution is -0.132. The SMILES string of the molecule is CC1CN(C2CCN(CC(=O)N(C)Cc3ccc(F)cc3)CC2)CCO1. The molecule has 6 heteroatoms. The quantitative estimate of drug-likeness (QED) is 0.801. The third-order valence-electron chi connectivity index (χ3n) is 5.46. The minimum Gasteiger partial charge on any atom is -0.376 e. The number of rotatable bonds is 5. The Morgan fingerprint density at radius 3 is 2.58 bits per heavy atom. The number of piperidine rings is 1. The van der Waals surface area contributed by atoms with Crippen LogP contribution in [0.15, 0.2) is 24.3 Å². The molecule has 2 saturated heterocycles. The van der Waals surface area contributed by atoms with Crippen LogP contribution in [-0.2, 0) is 16.1 Å². The Kier molecular flexibility index (Phi) is 6.62. The van der Waals surface area contributed by atoms with Gasteiger partial charge < -0.3 is 9.64 Å². The normalized spacial score (nSPS) is 23.1. The van der Waals surface area contributed by atoms with Gasteiger partial charge in [-0.05, 0) is 37.5 Å². The molecule has 1 unspecified atom stereocenters. The second-order valence-electron chi connectivity index (χ2n) is 7.56. The molecule has 3 rings (SSSR count). The predicted octanol–water partition coefficient (Wildman–Crippen LogP) is 1.97. The molecule has 2 aliphatic rings. The molecule has 0 aromatic heterocycles. The number of likely N-dealkylation sites (tertiary alicyclic amines) is 1. The lowest BCUT2D eigenvalue weighted by Gasteiger charge is -2.41. The fraction of sp³-hybridized carbons (Fsp3) is 0.650. The lowest BCUT2D eigenvalue weighted by atomic mass is 10.0. The van der Waals surface area contributed by atoms with Crippen LogP contribution in [0.2, 0.25) is 0 Å². The van der Waals surface area contributed by atoms with E-state index in [-0.39, 0.29) is 11.7 Å². The molecule has 0 radical (unpaired) electrons. The zero-order valence-electron chi connectivity index (χ0n) is 15.9. The Morgan fingerprint density at radius 2 is 1.92 bits per heavy atom. The molecule has 1 aromatic rings. The summed E-state index contributed by atoms with van der Waals surface area (Å²) in [4.78, 5) is 19.0. The van der Waals surface area contributed by atoms with Gasteiger partial charge in [-0.15, -0.1) is 0 Å².